The molecule has 0 aliphatic heterocycles. The van der Waals surface area contributed by atoms with Crippen LogP contribution in [0.5, 0.6) is 0 Å². The quantitative estimate of drug-likeness (QED) is 0.0724. The van der Waals surface area contributed by atoms with E-state index in [2.05, 4.69) is 0 Å². The zero-order valence-electron chi connectivity index (χ0n) is 34.7. The van der Waals surface area contributed by atoms with Crippen molar-refractivity contribution in [3.05, 3.63) is 138 Å². The van der Waals surface area contributed by atoms with Gasteiger partial charge in [-0.15, -0.1) is 11.3 Å². The normalized spacial score (nSPS) is 10.0. The van der Waals surface area contributed by atoms with E-state index in [9.17, 15) is 51.7 Å². The second-order valence-electron chi connectivity index (χ2n) is 14.3. The molecule has 13 heteroatoms. The number of carbonyl (C=O) groups excluding carboxylic acids is 2. The Balaban J connectivity index is 1.92. The van der Waals surface area contributed by atoms with Crippen LogP contribution in [0.3, 0.4) is 0 Å². The molecule has 1 heterocycles. The maximum Gasteiger partial charge on any atom is 0.338 e. The number of methoxy groups -OCH3 is 2. The Morgan fingerprint density at radius 1 is 0.444 bits per heavy atom. The summed E-state index contributed by atoms with van der Waals surface area (Å²) >= 11 is 0.835. The van der Waals surface area contributed by atoms with E-state index in [0.29, 0.717) is 22.3 Å². The van der Waals surface area contributed by atoms with Gasteiger partial charge in [-0.3, -0.25) is 0 Å². The molecule has 0 fully saturated rings. The summed E-state index contributed by atoms with van der Waals surface area (Å²) in [5.41, 5.74) is 0.962. The first-order chi connectivity index (χ1) is 30.3. The lowest BCUT2D eigenvalue weighted by Gasteiger charge is -2.14. The van der Waals surface area contributed by atoms with E-state index in [1.54, 1.807) is 36.4 Å². The third-order valence-electron chi connectivity index (χ3n) is 10.2. The zero-order chi connectivity index (χ0) is 46.1. The van der Waals surface area contributed by atoms with Crippen LogP contribution in [-0.4, -0.2) is 26.2 Å². The molecule has 12 nitrogen and oxygen atoms in total. The Kier molecular flexibility index (Phi) is 13.8. The first-order valence-electron chi connectivity index (χ1n) is 18.9. The molecule has 4 aliphatic rings. The minimum atomic E-state index is -0.725. The molecule has 4 aliphatic carbocycles. The van der Waals surface area contributed by atoms with Crippen LogP contribution in [0.1, 0.15) is 92.3 Å². The number of rotatable bonds is 10. The molecule has 5 rings (SSSR count). The average Bonchev–Trinajstić information content (AvgIpc) is 3.89. The van der Waals surface area contributed by atoms with Crippen LogP contribution >= 0.6 is 11.3 Å². The standard InChI is InChI=1S/C50H32N8O4S/c1-27(2)29-9-7-11-35-37(15-29)41(49(59)61-5)17-39(35)45(31(19-51)20-52)47(33(23-55)24-56)43-13-14-44(63-43)48(34(25-57)26-58)46(32(21-53)22-54)40-18-42(50(60)62-6)38-16-30(28(3)4)10-8-12-36(38)40/h7-18,27-28H,1-6H3. The molecule has 0 N–H and O–H groups in total. The Morgan fingerprint density at radius 3 is 1.05 bits per heavy atom. The van der Waals surface area contributed by atoms with E-state index in [-0.39, 0.29) is 66.1 Å². The summed E-state index contributed by atoms with van der Waals surface area (Å²) in [5.74, 6) is -1.41. The molecular formula is C50H32N8O4S. The molecular weight excluding hydrogens is 809 g/mol. The van der Waals surface area contributed by atoms with Crippen LogP contribution in [0.15, 0.2) is 95.1 Å². The minimum absolute atomic E-state index is 0.0196. The van der Waals surface area contributed by atoms with Crippen molar-refractivity contribution < 1.29 is 19.1 Å². The number of carbonyl (C=O) groups is 2. The molecule has 0 atom stereocenters. The van der Waals surface area contributed by atoms with Crippen molar-refractivity contribution in [3.63, 3.8) is 0 Å². The van der Waals surface area contributed by atoms with Gasteiger partial charge in [0.2, 0.25) is 0 Å². The molecule has 1 aromatic rings. The number of nitriles is 8. The summed E-state index contributed by atoms with van der Waals surface area (Å²) in [6, 6.07) is 34.8. The van der Waals surface area contributed by atoms with Crippen molar-refractivity contribution in [1.29, 1.82) is 42.1 Å². The highest BCUT2D eigenvalue weighted by Crippen LogP contribution is 2.50. The van der Waals surface area contributed by atoms with E-state index in [0.717, 1.165) is 22.5 Å². The van der Waals surface area contributed by atoms with Crippen molar-refractivity contribution in [1.82, 2.24) is 0 Å². The molecule has 0 radical (unpaired) electrons. The second-order valence-corrected chi connectivity index (χ2v) is 15.4. The number of hydrogen-bond acceptors (Lipinski definition) is 13. The monoisotopic (exact) mass is 840 g/mol. The zero-order valence-corrected chi connectivity index (χ0v) is 35.5. The van der Waals surface area contributed by atoms with Gasteiger partial charge in [0.1, 0.15) is 70.8 Å². The summed E-state index contributed by atoms with van der Waals surface area (Å²) < 4.78 is 10.2. The molecule has 0 saturated carbocycles. The van der Waals surface area contributed by atoms with Crippen LogP contribution in [0, 0.1) is 90.6 Å². The van der Waals surface area contributed by atoms with Gasteiger partial charge < -0.3 is 9.47 Å². The summed E-state index contributed by atoms with van der Waals surface area (Å²) in [6.45, 7) is 7.85. The molecule has 1 aromatic heterocycles. The van der Waals surface area contributed by atoms with Gasteiger partial charge in [0.15, 0.2) is 0 Å². The Hall–Kier alpha value is -9.08. The summed E-state index contributed by atoms with van der Waals surface area (Å²) in [6.07, 6.45) is 0. The Bertz CT molecular complexity index is 2900. The predicted molar refractivity (Wildman–Crippen MR) is 234 cm³/mol. The smallest absolute Gasteiger partial charge is 0.338 e. The summed E-state index contributed by atoms with van der Waals surface area (Å²) in [4.78, 5) is 26.8. The van der Waals surface area contributed by atoms with Gasteiger partial charge in [-0.05, 0) is 80.6 Å². The van der Waals surface area contributed by atoms with Gasteiger partial charge in [-0.2, -0.15) is 42.1 Å². The van der Waals surface area contributed by atoms with Crippen molar-refractivity contribution in [2.45, 2.75) is 39.5 Å². The average molecular weight is 841 g/mol. The molecule has 0 bridgehead atoms. The molecule has 0 aromatic carbocycles. The fourth-order valence-corrected chi connectivity index (χ4v) is 8.29. The third-order valence-corrected chi connectivity index (χ3v) is 11.3. The number of hydrogen-bond donors (Lipinski definition) is 0. The van der Waals surface area contributed by atoms with E-state index < -0.39 is 34.2 Å². The van der Waals surface area contributed by atoms with Crippen molar-refractivity contribution in [3.8, 4) is 70.8 Å². The third kappa shape index (κ3) is 8.39. The number of fused-ring (bicyclic) bond motifs is 2. The van der Waals surface area contributed by atoms with Gasteiger partial charge in [-0.1, -0.05) is 76.2 Å². The van der Waals surface area contributed by atoms with Gasteiger partial charge in [0, 0.05) is 32.0 Å². The fraction of sp³-hybridized carbons (Fsp3) is 0.160. The van der Waals surface area contributed by atoms with E-state index in [1.165, 1.54) is 38.5 Å². The number of esters is 2. The van der Waals surface area contributed by atoms with Gasteiger partial charge in [0.25, 0.3) is 0 Å². The van der Waals surface area contributed by atoms with Crippen LogP contribution in [0.4, 0.5) is 0 Å². The second kappa shape index (κ2) is 19.3. The summed E-state index contributed by atoms with van der Waals surface area (Å²) in [7, 11) is 2.40. The SMILES string of the molecule is COC(=O)c1cc(C(=C(C#N)C#N)C(=C(C#N)C#N)c2ccc(C(=C(C#N)C#N)C(=C(C#N)C#N)c3cc(C(=O)OC)c4cc(C(C)C)cccc3-4)s2)c2cccc(C(C)C)cc1-2. The van der Waals surface area contributed by atoms with E-state index >= 15 is 0 Å². The molecule has 0 saturated heterocycles. The van der Waals surface area contributed by atoms with E-state index in [1.807, 2.05) is 88.4 Å². The maximum atomic E-state index is 13.3. The molecule has 0 unspecified atom stereocenters. The Morgan fingerprint density at radius 2 is 0.762 bits per heavy atom. The van der Waals surface area contributed by atoms with E-state index in [4.69, 9.17) is 9.47 Å². The molecule has 302 valence electrons. The number of nitrogens with zero attached hydrogens (tertiary/aromatic N) is 8. The highest BCUT2D eigenvalue weighted by molar-refractivity contribution is 7.14. The molecule has 63 heavy (non-hydrogen) atoms. The highest BCUT2D eigenvalue weighted by Gasteiger charge is 2.33. The first-order valence-corrected chi connectivity index (χ1v) is 19.7. The minimum Gasteiger partial charge on any atom is -0.465 e. The lowest BCUT2D eigenvalue weighted by atomic mass is 9.88. The van der Waals surface area contributed by atoms with Gasteiger partial charge >= 0.3 is 11.9 Å². The predicted octanol–water partition coefficient (Wildman–Crippen LogP) is 10.4. The summed E-state index contributed by atoms with van der Waals surface area (Å²) in [5, 5.41) is 83.6. The van der Waals surface area contributed by atoms with Gasteiger partial charge in [-0.25, -0.2) is 9.59 Å². The molecule has 0 amide bonds. The van der Waals surface area contributed by atoms with Crippen molar-refractivity contribution in [2.75, 3.05) is 14.2 Å². The topological polar surface area (TPSA) is 243 Å². The lowest BCUT2D eigenvalue weighted by Crippen LogP contribution is -2.00. The number of thiophene rings is 1. The Labute approximate surface area is 368 Å². The largest absolute Gasteiger partial charge is 0.465 e. The van der Waals surface area contributed by atoms with Crippen LogP contribution in [0.25, 0.3) is 44.5 Å². The van der Waals surface area contributed by atoms with Crippen LogP contribution in [0.2, 0.25) is 0 Å². The highest BCUT2D eigenvalue weighted by atomic mass is 32.1. The van der Waals surface area contributed by atoms with Crippen molar-refractivity contribution >= 4 is 45.6 Å². The fourth-order valence-electron chi connectivity index (χ4n) is 7.17. The maximum absolute atomic E-state index is 13.3. The van der Waals surface area contributed by atoms with Gasteiger partial charge in [0.05, 0.1) is 25.3 Å². The number of ether oxygens (including phenoxy) is 2. The molecule has 0 spiro atoms. The van der Waals surface area contributed by atoms with Crippen LogP contribution < -0.4 is 0 Å². The number of allylic oxidation sites excluding steroid dienone is 8. The van der Waals surface area contributed by atoms with Crippen molar-refractivity contribution in [2.24, 2.45) is 0 Å². The first kappa shape index (κ1) is 45.0. The lowest BCUT2D eigenvalue weighted by molar-refractivity contribution is 0.0593. The van der Waals surface area contributed by atoms with Crippen LogP contribution in [-0.2, 0) is 9.47 Å².